The summed E-state index contributed by atoms with van der Waals surface area (Å²) >= 11 is 0. The molecule has 3 rings (SSSR count). The Bertz CT molecular complexity index is 679. The van der Waals surface area contributed by atoms with E-state index in [0.717, 1.165) is 37.1 Å². The molecule has 0 saturated carbocycles. The Morgan fingerprint density at radius 2 is 1.96 bits per heavy atom. The van der Waals surface area contributed by atoms with Gasteiger partial charge in [0.1, 0.15) is 0 Å². The quantitative estimate of drug-likeness (QED) is 0.823. The van der Waals surface area contributed by atoms with Crippen LogP contribution in [0.2, 0.25) is 0 Å². The normalized spacial score (nSPS) is 12.6. The highest BCUT2D eigenvalue weighted by atomic mass is 35.5. The third-order valence-corrected chi connectivity index (χ3v) is 4.08. The second-order valence-electron chi connectivity index (χ2n) is 5.73. The summed E-state index contributed by atoms with van der Waals surface area (Å²) in [5.74, 6) is -0.0701. The van der Waals surface area contributed by atoms with Crippen LogP contribution in [0.4, 0.5) is 0 Å². The zero-order valence-corrected chi connectivity index (χ0v) is 14.4. The van der Waals surface area contributed by atoms with Crippen LogP contribution in [0.3, 0.4) is 0 Å². The first-order chi connectivity index (χ1) is 10.7. The highest BCUT2D eigenvalue weighted by Gasteiger charge is 2.26. The van der Waals surface area contributed by atoms with Crippen LogP contribution < -0.4 is 10.6 Å². The van der Waals surface area contributed by atoms with Gasteiger partial charge in [-0.25, -0.2) is 4.68 Å². The highest BCUT2D eigenvalue weighted by Crippen LogP contribution is 2.27. The topological polar surface area (TPSA) is 58.9 Å². The van der Waals surface area contributed by atoms with Crippen molar-refractivity contribution in [3.8, 4) is 5.69 Å². The predicted molar refractivity (Wildman–Crippen MR) is 93.8 cm³/mol. The van der Waals surface area contributed by atoms with Crippen molar-refractivity contribution in [3.63, 3.8) is 0 Å². The Balaban J connectivity index is 0.00000192. The van der Waals surface area contributed by atoms with Crippen LogP contribution in [0.15, 0.2) is 24.3 Å². The Hall–Kier alpha value is -1.85. The van der Waals surface area contributed by atoms with Crippen LogP contribution in [-0.2, 0) is 12.8 Å². The molecule has 1 aliphatic rings. The summed E-state index contributed by atoms with van der Waals surface area (Å²) in [5, 5.41) is 10.5. The number of carbonyl (C=O) groups is 1. The Morgan fingerprint density at radius 3 is 2.65 bits per heavy atom. The van der Waals surface area contributed by atoms with Gasteiger partial charge in [0.2, 0.25) is 0 Å². The van der Waals surface area contributed by atoms with Gasteiger partial charge in [-0.1, -0.05) is 17.7 Å². The number of likely N-dealkylation sites (N-methyl/N-ethyl adjacent to an activating group) is 1. The number of hydrogen-bond acceptors (Lipinski definition) is 3. The molecule has 0 fully saturated rings. The van der Waals surface area contributed by atoms with Crippen LogP contribution in [0, 0.1) is 6.92 Å². The van der Waals surface area contributed by atoms with Gasteiger partial charge in [-0.15, -0.1) is 12.4 Å². The molecule has 23 heavy (non-hydrogen) atoms. The zero-order valence-electron chi connectivity index (χ0n) is 13.6. The van der Waals surface area contributed by atoms with E-state index < -0.39 is 0 Å². The molecule has 0 atom stereocenters. The average Bonchev–Trinajstić information content (AvgIpc) is 3.10. The van der Waals surface area contributed by atoms with Gasteiger partial charge in [0.05, 0.1) is 5.69 Å². The van der Waals surface area contributed by atoms with E-state index in [4.69, 9.17) is 0 Å². The molecule has 2 aromatic rings. The fraction of sp³-hybridized carbons (Fsp3) is 0.412. The fourth-order valence-corrected chi connectivity index (χ4v) is 2.90. The monoisotopic (exact) mass is 334 g/mol. The van der Waals surface area contributed by atoms with Gasteiger partial charge >= 0.3 is 0 Å². The van der Waals surface area contributed by atoms with E-state index in [0.29, 0.717) is 12.2 Å². The number of halogens is 1. The van der Waals surface area contributed by atoms with E-state index in [1.54, 1.807) is 0 Å². The van der Waals surface area contributed by atoms with Gasteiger partial charge in [0.15, 0.2) is 5.69 Å². The summed E-state index contributed by atoms with van der Waals surface area (Å²) in [6, 6.07) is 8.27. The first-order valence-electron chi connectivity index (χ1n) is 7.81. The maximum atomic E-state index is 12.4. The number of carbonyl (C=O) groups excluding carboxylic acids is 1. The first kappa shape index (κ1) is 17.5. The van der Waals surface area contributed by atoms with Gasteiger partial charge < -0.3 is 10.6 Å². The summed E-state index contributed by atoms with van der Waals surface area (Å²) in [6.45, 7) is 3.44. The van der Waals surface area contributed by atoms with Crippen molar-refractivity contribution in [1.29, 1.82) is 0 Å². The third-order valence-electron chi connectivity index (χ3n) is 4.08. The molecule has 124 valence electrons. The molecule has 5 nitrogen and oxygen atoms in total. The van der Waals surface area contributed by atoms with Crippen LogP contribution in [0.5, 0.6) is 0 Å². The number of benzene rings is 1. The first-order valence-corrected chi connectivity index (χ1v) is 7.81. The van der Waals surface area contributed by atoms with Crippen LogP contribution in [-0.4, -0.2) is 35.8 Å². The van der Waals surface area contributed by atoms with Crippen molar-refractivity contribution in [2.75, 3.05) is 20.1 Å². The number of aromatic nitrogens is 2. The summed E-state index contributed by atoms with van der Waals surface area (Å²) in [6.07, 6.45) is 3.02. The molecule has 0 radical (unpaired) electrons. The van der Waals surface area contributed by atoms with Gasteiger partial charge in [0, 0.05) is 24.3 Å². The molecule has 0 aliphatic heterocycles. The number of hydrogen-bond donors (Lipinski definition) is 2. The maximum absolute atomic E-state index is 12.4. The Kier molecular flexibility index (Phi) is 5.80. The smallest absolute Gasteiger partial charge is 0.272 e. The summed E-state index contributed by atoms with van der Waals surface area (Å²) < 4.78 is 1.94. The fourth-order valence-electron chi connectivity index (χ4n) is 2.90. The molecule has 0 spiro atoms. The molecule has 1 aromatic carbocycles. The minimum atomic E-state index is -0.0701. The number of amides is 1. The minimum absolute atomic E-state index is 0. The highest BCUT2D eigenvalue weighted by molar-refractivity contribution is 5.94. The Labute approximate surface area is 142 Å². The summed E-state index contributed by atoms with van der Waals surface area (Å²) in [5.41, 5.74) is 5.13. The molecule has 1 heterocycles. The van der Waals surface area contributed by atoms with Crippen molar-refractivity contribution < 1.29 is 4.79 Å². The number of aryl methyl sites for hydroxylation is 1. The molecule has 0 bridgehead atoms. The lowest BCUT2D eigenvalue weighted by atomic mass is 10.2. The van der Waals surface area contributed by atoms with Crippen LogP contribution in [0.1, 0.15) is 33.7 Å². The SMILES string of the molecule is CNCCNC(=O)c1nn(-c2ccc(C)cc2)c2c1CCC2.Cl. The lowest BCUT2D eigenvalue weighted by Crippen LogP contribution is -2.31. The van der Waals surface area contributed by atoms with E-state index in [1.165, 1.54) is 11.3 Å². The minimum Gasteiger partial charge on any atom is -0.349 e. The molecular weight excluding hydrogens is 312 g/mol. The molecule has 0 unspecified atom stereocenters. The molecule has 1 aromatic heterocycles. The Morgan fingerprint density at radius 1 is 1.22 bits per heavy atom. The van der Waals surface area contributed by atoms with E-state index in [1.807, 2.05) is 11.7 Å². The second kappa shape index (κ2) is 7.62. The number of nitrogens with one attached hydrogen (secondary N) is 2. The molecule has 1 amide bonds. The van der Waals surface area contributed by atoms with Crippen molar-refractivity contribution in [1.82, 2.24) is 20.4 Å². The van der Waals surface area contributed by atoms with Crippen molar-refractivity contribution >= 4 is 18.3 Å². The van der Waals surface area contributed by atoms with Crippen LogP contribution in [0.25, 0.3) is 5.69 Å². The van der Waals surface area contributed by atoms with E-state index in [9.17, 15) is 4.79 Å². The lowest BCUT2D eigenvalue weighted by molar-refractivity contribution is 0.0948. The van der Waals surface area contributed by atoms with Gasteiger partial charge in [-0.2, -0.15) is 5.10 Å². The summed E-state index contributed by atoms with van der Waals surface area (Å²) in [4.78, 5) is 12.4. The lowest BCUT2D eigenvalue weighted by Gasteiger charge is -2.06. The molecular formula is C17H23ClN4O. The molecule has 6 heteroatoms. The number of rotatable bonds is 5. The number of fused-ring (bicyclic) bond motifs is 1. The van der Waals surface area contributed by atoms with E-state index in [-0.39, 0.29) is 18.3 Å². The van der Waals surface area contributed by atoms with Gasteiger partial charge in [-0.3, -0.25) is 4.79 Å². The van der Waals surface area contributed by atoms with Crippen molar-refractivity contribution in [2.24, 2.45) is 0 Å². The van der Waals surface area contributed by atoms with Gasteiger partial charge in [-0.05, 0) is 45.4 Å². The predicted octanol–water partition coefficient (Wildman–Crippen LogP) is 2.04. The van der Waals surface area contributed by atoms with E-state index >= 15 is 0 Å². The molecule has 1 aliphatic carbocycles. The number of nitrogens with zero attached hydrogens (tertiary/aromatic N) is 2. The average molecular weight is 335 g/mol. The second-order valence-corrected chi connectivity index (χ2v) is 5.73. The largest absolute Gasteiger partial charge is 0.349 e. The standard InChI is InChI=1S/C17H22N4O.ClH/c1-12-6-8-13(9-7-12)21-15-5-3-4-14(15)16(20-21)17(22)19-11-10-18-2;/h6-9,18H,3-5,10-11H2,1-2H3,(H,19,22);1H. The zero-order chi connectivity index (χ0) is 15.5. The molecule has 0 saturated heterocycles. The van der Waals surface area contributed by atoms with Crippen LogP contribution >= 0.6 is 12.4 Å². The van der Waals surface area contributed by atoms with Crippen molar-refractivity contribution in [3.05, 3.63) is 46.8 Å². The maximum Gasteiger partial charge on any atom is 0.272 e. The van der Waals surface area contributed by atoms with Gasteiger partial charge in [0.25, 0.3) is 5.91 Å². The third kappa shape index (κ3) is 3.57. The summed E-state index contributed by atoms with van der Waals surface area (Å²) in [7, 11) is 1.87. The van der Waals surface area contributed by atoms with Crippen molar-refractivity contribution in [2.45, 2.75) is 26.2 Å². The van der Waals surface area contributed by atoms with E-state index in [2.05, 4.69) is 46.9 Å². The molecule has 2 N–H and O–H groups in total.